The van der Waals surface area contributed by atoms with Crippen molar-refractivity contribution in [3.63, 3.8) is 0 Å². The monoisotopic (exact) mass is 229 g/mol. The number of hydrogen-bond donors (Lipinski definition) is 1. The zero-order valence-electron chi connectivity index (χ0n) is 10.6. The van der Waals surface area contributed by atoms with Gasteiger partial charge in [-0.05, 0) is 18.6 Å². The van der Waals surface area contributed by atoms with Crippen LogP contribution in [0.2, 0.25) is 0 Å². The summed E-state index contributed by atoms with van der Waals surface area (Å²) in [6.07, 6.45) is 1.04. The van der Waals surface area contributed by atoms with Crippen molar-refractivity contribution < 1.29 is 0 Å². The molecule has 3 nitrogen and oxygen atoms in total. The zero-order chi connectivity index (χ0) is 12.5. The SMILES string of the molecule is CCC(C)(C)c1cc(N)n(-c2ccccc2)n1. The Kier molecular flexibility index (Phi) is 2.92. The van der Waals surface area contributed by atoms with E-state index in [1.165, 1.54) is 0 Å². The van der Waals surface area contributed by atoms with E-state index in [0.717, 1.165) is 17.8 Å². The van der Waals surface area contributed by atoms with Gasteiger partial charge in [-0.25, -0.2) is 4.68 Å². The first-order chi connectivity index (χ1) is 8.04. The van der Waals surface area contributed by atoms with Gasteiger partial charge in [0, 0.05) is 11.5 Å². The molecule has 2 rings (SSSR count). The summed E-state index contributed by atoms with van der Waals surface area (Å²) < 4.78 is 1.80. The first kappa shape index (κ1) is 11.7. The van der Waals surface area contributed by atoms with Crippen LogP contribution in [-0.4, -0.2) is 9.78 Å². The highest BCUT2D eigenvalue weighted by Crippen LogP contribution is 2.27. The molecular weight excluding hydrogens is 210 g/mol. The summed E-state index contributed by atoms with van der Waals surface area (Å²) in [5.41, 5.74) is 8.13. The maximum absolute atomic E-state index is 6.03. The van der Waals surface area contributed by atoms with E-state index in [-0.39, 0.29) is 5.41 Å². The lowest BCUT2D eigenvalue weighted by atomic mass is 9.87. The van der Waals surface area contributed by atoms with E-state index in [0.29, 0.717) is 5.82 Å². The first-order valence-corrected chi connectivity index (χ1v) is 5.96. The summed E-state index contributed by atoms with van der Waals surface area (Å²) >= 11 is 0. The summed E-state index contributed by atoms with van der Waals surface area (Å²) in [5, 5.41) is 4.61. The Balaban J connectivity index is 2.45. The van der Waals surface area contributed by atoms with Crippen LogP contribution in [-0.2, 0) is 5.41 Å². The molecule has 1 aromatic heterocycles. The van der Waals surface area contributed by atoms with Gasteiger partial charge in [-0.2, -0.15) is 5.10 Å². The van der Waals surface area contributed by atoms with Crippen LogP contribution in [0.15, 0.2) is 36.4 Å². The number of nitrogens with two attached hydrogens (primary N) is 1. The number of anilines is 1. The molecule has 0 amide bonds. The highest BCUT2D eigenvalue weighted by Gasteiger charge is 2.22. The van der Waals surface area contributed by atoms with Crippen molar-refractivity contribution in [2.45, 2.75) is 32.6 Å². The minimum Gasteiger partial charge on any atom is -0.384 e. The maximum Gasteiger partial charge on any atom is 0.127 e. The van der Waals surface area contributed by atoms with Gasteiger partial charge >= 0.3 is 0 Å². The van der Waals surface area contributed by atoms with Crippen molar-refractivity contribution >= 4 is 5.82 Å². The second-order valence-corrected chi connectivity index (χ2v) is 4.94. The van der Waals surface area contributed by atoms with Gasteiger partial charge in [-0.15, -0.1) is 0 Å². The van der Waals surface area contributed by atoms with Crippen LogP contribution < -0.4 is 5.73 Å². The molecule has 90 valence electrons. The molecule has 0 radical (unpaired) electrons. The minimum absolute atomic E-state index is 0.0636. The van der Waals surface area contributed by atoms with Gasteiger partial charge in [-0.1, -0.05) is 39.0 Å². The van der Waals surface area contributed by atoms with Crippen molar-refractivity contribution in [2.24, 2.45) is 0 Å². The van der Waals surface area contributed by atoms with Gasteiger partial charge in [0.2, 0.25) is 0 Å². The highest BCUT2D eigenvalue weighted by molar-refractivity contribution is 5.43. The van der Waals surface area contributed by atoms with Crippen LogP contribution in [0.1, 0.15) is 32.9 Å². The zero-order valence-corrected chi connectivity index (χ0v) is 10.6. The van der Waals surface area contributed by atoms with E-state index >= 15 is 0 Å². The first-order valence-electron chi connectivity index (χ1n) is 5.96. The molecule has 2 aromatic rings. The largest absolute Gasteiger partial charge is 0.384 e. The normalized spacial score (nSPS) is 11.7. The summed E-state index contributed by atoms with van der Waals surface area (Å²) in [6, 6.07) is 11.9. The number of aromatic nitrogens is 2. The summed E-state index contributed by atoms with van der Waals surface area (Å²) in [7, 11) is 0. The molecule has 0 atom stereocenters. The van der Waals surface area contributed by atoms with E-state index in [4.69, 9.17) is 5.73 Å². The van der Waals surface area contributed by atoms with Crippen molar-refractivity contribution in [3.05, 3.63) is 42.1 Å². The number of nitrogens with zero attached hydrogens (tertiary/aromatic N) is 2. The minimum atomic E-state index is 0.0636. The smallest absolute Gasteiger partial charge is 0.127 e. The van der Waals surface area contributed by atoms with Crippen molar-refractivity contribution in [3.8, 4) is 5.69 Å². The fraction of sp³-hybridized carbons (Fsp3) is 0.357. The Bertz CT molecular complexity index is 497. The summed E-state index contributed by atoms with van der Waals surface area (Å²) in [6.45, 7) is 6.53. The molecule has 0 aliphatic heterocycles. The average molecular weight is 229 g/mol. The van der Waals surface area contributed by atoms with Gasteiger partial charge in [-0.3, -0.25) is 0 Å². The molecule has 1 aromatic carbocycles. The Morgan fingerprint density at radius 2 is 1.88 bits per heavy atom. The van der Waals surface area contributed by atoms with Gasteiger partial charge in [0.05, 0.1) is 11.4 Å². The Hall–Kier alpha value is -1.77. The van der Waals surface area contributed by atoms with Crippen LogP contribution in [0.5, 0.6) is 0 Å². The standard InChI is InChI=1S/C14H19N3/c1-4-14(2,3)12-10-13(15)17(16-12)11-8-6-5-7-9-11/h5-10H,4,15H2,1-3H3. The second-order valence-electron chi connectivity index (χ2n) is 4.94. The van der Waals surface area contributed by atoms with E-state index in [1.807, 2.05) is 36.4 Å². The van der Waals surface area contributed by atoms with E-state index in [2.05, 4.69) is 25.9 Å². The van der Waals surface area contributed by atoms with Gasteiger partial charge < -0.3 is 5.73 Å². The topological polar surface area (TPSA) is 43.8 Å². The van der Waals surface area contributed by atoms with Crippen molar-refractivity contribution in [2.75, 3.05) is 5.73 Å². The number of nitrogen functional groups attached to an aromatic ring is 1. The maximum atomic E-state index is 6.03. The molecule has 2 N–H and O–H groups in total. The third kappa shape index (κ3) is 2.18. The molecule has 0 aliphatic carbocycles. The quantitative estimate of drug-likeness (QED) is 0.878. The van der Waals surface area contributed by atoms with Gasteiger partial charge in [0.1, 0.15) is 5.82 Å². The van der Waals surface area contributed by atoms with Crippen molar-refractivity contribution in [1.82, 2.24) is 9.78 Å². The molecular formula is C14H19N3. The molecule has 0 unspecified atom stereocenters. The van der Waals surface area contributed by atoms with Gasteiger partial charge in [0.25, 0.3) is 0 Å². The molecule has 17 heavy (non-hydrogen) atoms. The molecule has 0 saturated heterocycles. The number of benzene rings is 1. The molecule has 0 fully saturated rings. The molecule has 0 saturated carbocycles. The number of rotatable bonds is 3. The van der Waals surface area contributed by atoms with Crippen LogP contribution in [0.3, 0.4) is 0 Å². The fourth-order valence-corrected chi connectivity index (χ4v) is 1.68. The Morgan fingerprint density at radius 1 is 1.24 bits per heavy atom. The third-order valence-corrected chi connectivity index (χ3v) is 3.31. The molecule has 1 heterocycles. The van der Waals surface area contributed by atoms with E-state index in [9.17, 15) is 0 Å². The van der Waals surface area contributed by atoms with Gasteiger partial charge in [0.15, 0.2) is 0 Å². The van der Waals surface area contributed by atoms with Crippen LogP contribution in [0.25, 0.3) is 5.69 Å². The average Bonchev–Trinajstić information content (AvgIpc) is 2.73. The Labute approximate surface area is 102 Å². The third-order valence-electron chi connectivity index (χ3n) is 3.31. The molecule has 0 bridgehead atoms. The fourth-order valence-electron chi connectivity index (χ4n) is 1.68. The second kappa shape index (κ2) is 4.24. The number of para-hydroxylation sites is 1. The lowest BCUT2D eigenvalue weighted by molar-refractivity contribution is 0.485. The Morgan fingerprint density at radius 3 is 2.47 bits per heavy atom. The lowest BCUT2D eigenvalue weighted by Crippen LogP contribution is -2.16. The molecule has 3 heteroatoms. The summed E-state index contributed by atoms with van der Waals surface area (Å²) in [5.74, 6) is 0.688. The van der Waals surface area contributed by atoms with E-state index in [1.54, 1.807) is 4.68 Å². The predicted molar refractivity (Wildman–Crippen MR) is 71.3 cm³/mol. The molecule has 0 aliphatic rings. The lowest BCUT2D eigenvalue weighted by Gasteiger charge is -2.19. The molecule has 0 spiro atoms. The van der Waals surface area contributed by atoms with Crippen LogP contribution in [0, 0.1) is 0 Å². The highest BCUT2D eigenvalue weighted by atomic mass is 15.3. The van der Waals surface area contributed by atoms with Crippen LogP contribution >= 0.6 is 0 Å². The number of hydrogen-bond acceptors (Lipinski definition) is 2. The van der Waals surface area contributed by atoms with Crippen LogP contribution in [0.4, 0.5) is 5.82 Å². The van der Waals surface area contributed by atoms with Crippen molar-refractivity contribution in [1.29, 1.82) is 0 Å². The summed E-state index contributed by atoms with van der Waals surface area (Å²) in [4.78, 5) is 0. The predicted octanol–water partition coefficient (Wildman–Crippen LogP) is 3.14. The van der Waals surface area contributed by atoms with E-state index < -0.39 is 0 Å².